The van der Waals surface area contributed by atoms with E-state index < -0.39 is 0 Å². The summed E-state index contributed by atoms with van der Waals surface area (Å²) in [5.41, 5.74) is 2.99. The molecule has 4 rings (SSSR count). The number of benzene rings is 3. The number of pyridine rings is 1. The molecule has 0 aliphatic heterocycles. The zero-order chi connectivity index (χ0) is 14.8. The van der Waals surface area contributed by atoms with E-state index in [0.717, 1.165) is 27.5 Å². The third-order valence-corrected chi connectivity index (χ3v) is 3.77. The van der Waals surface area contributed by atoms with Gasteiger partial charge in [-0.1, -0.05) is 60.7 Å². The standard InChI is InChI=1S/C20H14N2/c1-2-11-18-15(6-1)7-4-12-19(18)22-14-17-9-3-8-16-10-5-13-21-20(16)17/h1-14H. The summed E-state index contributed by atoms with van der Waals surface area (Å²) < 4.78 is 0. The van der Waals surface area contributed by atoms with E-state index in [0.29, 0.717) is 0 Å². The van der Waals surface area contributed by atoms with Crippen LogP contribution < -0.4 is 0 Å². The molecule has 0 saturated heterocycles. The Hall–Kier alpha value is -3.00. The summed E-state index contributed by atoms with van der Waals surface area (Å²) in [5, 5.41) is 3.49. The maximum atomic E-state index is 4.69. The van der Waals surface area contributed by atoms with Crippen molar-refractivity contribution in [3.05, 3.63) is 84.6 Å². The third-order valence-electron chi connectivity index (χ3n) is 3.77. The topological polar surface area (TPSA) is 25.2 Å². The minimum absolute atomic E-state index is 0.978. The smallest absolute Gasteiger partial charge is 0.0789 e. The summed E-state index contributed by atoms with van der Waals surface area (Å²) in [5.74, 6) is 0. The Bertz CT molecular complexity index is 895. The van der Waals surface area contributed by atoms with Gasteiger partial charge in [0, 0.05) is 28.7 Å². The lowest BCUT2D eigenvalue weighted by Crippen LogP contribution is -1.86. The number of hydrogen-bond donors (Lipinski definition) is 0. The Morgan fingerprint density at radius 2 is 1.50 bits per heavy atom. The predicted octanol–water partition coefficient (Wildman–Crippen LogP) is 5.14. The monoisotopic (exact) mass is 282 g/mol. The predicted molar refractivity (Wildman–Crippen MR) is 92.9 cm³/mol. The highest BCUT2D eigenvalue weighted by Gasteiger charge is 2.00. The van der Waals surface area contributed by atoms with Crippen LogP contribution in [0.2, 0.25) is 0 Å². The second kappa shape index (κ2) is 5.41. The molecule has 0 bridgehead atoms. The zero-order valence-electron chi connectivity index (χ0n) is 12.0. The fourth-order valence-electron chi connectivity index (χ4n) is 2.69. The van der Waals surface area contributed by atoms with Gasteiger partial charge in [0.1, 0.15) is 0 Å². The van der Waals surface area contributed by atoms with E-state index in [9.17, 15) is 0 Å². The summed E-state index contributed by atoms with van der Waals surface area (Å²) in [6, 6.07) is 24.6. The molecule has 2 heteroatoms. The largest absolute Gasteiger partial charge is 0.256 e. The average Bonchev–Trinajstić information content (AvgIpc) is 2.60. The first-order valence-electron chi connectivity index (χ1n) is 7.27. The average molecular weight is 282 g/mol. The fraction of sp³-hybridized carbons (Fsp3) is 0. The van der Waals surface area contributed by atoms with Crippen molar-refractivity contribution in [1.29, 1.82) is 0 Å². The van der Waals surface area contributed by atoms with Gasteiger partial charge in [-0.3, -0.25) is 9.98 Å². The van der Waals surface area contributed by atoms with Gasteiger partial charge < -0.3 is 0 Å². The van der Waals surface area contributed by atoms with Crippen LogP contribution in [0.5, 0.6) is 0 Å². The van der Waals surface area contributed by atoms with Crippen LogP contribution in [-0.2, 0) is 0 Å². The first-order valence-corrected chi connectivity index (χ1v) is 7.27. The minimum atomic E-state index is 0.978. The molecule has 0 aliphatic rings. The van der Waals surface area contributed by atoms with Crippen molar-refractivity contribution in [1.82, 2.24) is 4.98 Å². The molecule has 0 fully saturated rings. The summed E-state index contributed by atoms with van der Waals surface area (Å²) in [4.78, 5) is 9.15. The van der Waals surface area contributed by atoms with Crippen LogP contribution in [0.25, 0.3) is 21.7 Å². The lowest BCUT2D eigenvalue weighted by atomic mass is 10.1. The van der Waals surface area contributed by atoms with Crippen LogP contribution in [0.3, 0.4) is 0 Å². The van der Waals surface area contributed by atoms with Gasteiger partial charge in [-0.25, -0.2) is 0 Å². The van der Waals surface area contributed by atoms with E-state index in [-0.39, 0.29) is 0 Å². The first kappa shape index (κ1) is 12.7. The number of aromatic nitrogens is 1. The van der Waals surface area contributed by atoms with Gasteiger partial charge in [-0.15, -0.1) is 0 Å². The molecule has 0 saturated carbocycles. The highest BCUT2D eigenvalue weighted by Crippen LogP contribution is 2.25. The molecule has 0 amide bonds. The summed E-state index contributed by atoms with van der Waals surface area (Å²) >= 11 is 0. The molecular formula is C20H14N2. The molecule has 0 unspecified atom stereocenters. The van der Waals surface area contributed by atoms with Crippen molar-refractivity contribution in [3.63, 3.8) is 0 Å². The first-order chi connectivity index (χ1) is 10.9. The summed E-state index contributed by atoms with van der Waals surface area (Å²) in [6.07, 6.45) is 3.72. The van der Waals surface area contributed by atoms with Crippen LogP contribution in [-0.4, -0.2) is 11.2 Å². The number of nitrogens with zero attached hydrogens (tertiary/aromatic N) is 2. The Morgan fingerprint density at radius 3 is 2.50 bits per heavy atom. The van der Waals surface area contributed by atoms with E-state index in [1.165, 1.54) is 5.39 Å². The van der Waals surface area contributed by atoms with Crippen LogP contribution in [0, 0.1) is 0 Å². The van der Waals surface area contributed by atoms with E-state index >= 15 is 0 Å². The van der Waals surface area contributed by atoms with Crippen molar-refractivity contribution < 1.29 is 0 Å². The summed E-state index contributed by atoms with van der Waals surface area (Å²) in [6.45, 7) is 0. The number of hydrogen-bond acceptors (Lipinski definition) is 2. The normalized spacial score (nSPS) is 11.5. The van der Waals surface area contributed by atoms with E-state index in [1.807, 2.05) is 54.9 Å². The zero-order valence-corrected chi connectivity index (χ0v) is 12.0. The maximum absolute atomic E-state index is 4.69. The van der Waals surface area contributed by atoms with Crippen LogP contribution in [0.1, 0.15) is 5.56 Å². The highest BCUT2D eigenvalue weighted by molar-refractivity contribution is 6.00. The quantitative estimate of drug-likeness (QED) is 0.467. The third kappa shape index (κ3) is 2.25. The second-order valence-corrected chi connectivity index (χ2v) is 5.18. The van der Waals surface area contributed by atoms with Gasteiger partial charge >= 0.3 is 0 Å². The molecule has 1 aromatic heterocycles. The molecule has 0 radical (unpaired) electrons. The lowest BCUT2D eigenvalue weighted by molar-refractivity contribution is 1.41. The molecule has 0 aliphatic carbocycles. The number of aliphatic imine (C=N–C) groups is 1. The fourth-order valence-corrected chi connectivity index (χ4v) is 2.69. The molecule has 3 aromatic carbocycles. The molecule has 22 heavy (non-hydrogen) atoms. The SMILES string of the molecule is C(=Nc1cccc2ccccc12)c1cccc2cccnc12. The van der Waals surface area contributed by atoms with Crippen molar-refractivity contribution in [3.8, 4) is 0 Å². The molecule has 0 spiro atoms. The molecule has 2 nitrogen and oxygen atoms in total. The van der Waals surface area contributed by atoms with Crippen molar-refractivity contribution in [2.45, 2.75) is 0 Å². The summed E-state index contributed by atoms with van der Waals surface area (Å²) in [7, 11) is 0. The van der Waals surface area contributed by atoms with Gasteiger partial charge in [-0.05, 0) is 17.5 Å². The van der Waals surface area contributed by atoms with Crippen LogP contribution >= 0.6 is 0 Å². The molecule has 104 valence electrons. The number of fused-ring (bicyclic) bond motifs is 2. The van der Waals surface area contributed by atoms with Gasteiger partial charge in [0.25, 0.3) is 0 Å². The Morgan fingerprint density at radius 1 is 0.727 bits per heavy atom. The van der Waals surface area contributed by atoms with Crippen LogP contribution in [0.15, 0.2) is 84.0 Å². The van der Waals surface area contributed by atoms with Gasteiger partial charge in [0.05, 0.1) is 11.2 Å². The molecular weight excluding hydrogens is 268 g/mol. The molecule has 0 N–H and O–H groups in total. The Kier molecular flexibility index (Phi) is 3.13. The lowest BCUT2D eigenvalue weighted by Gasteiger charge is -2.02. The van der Waals surface area contributed by atoms with Gasteiger partial charge in [0.15, 0.2) is 0 Å². The van der Waals surface area contributed by atoms with Gasteiger partial charge in [0.2, 0.25) is 0 Å². The Labute approximate surface area is 128 Å². The van der Waals surface area contributed by atoms with Gasteiger partial charge in [-0.2, -0.15) is 0 Å². The Balaban J connectivity index is 1.83. The van der Waals surface area contributed by atoms with E-state index in [4.69, 9.17) is 0 Å². The van der Waals surface area contributed by atoms with E-state index in [1.54, 1.807) is 0 Å². The number of para-hydroxylation sites is 1. The highest BCUT2D eigenvalue weighted by atomic mass is 14.7. The second-order valence-electron chi connectivity index (χ2n) is 5.18. The maximum Gasteiger partial charge on any atom is 0.0789 e. The van der Waals surface area contributed by atoms with Crippen LogP contribution in [0.4, 0.5) is 5.69 Å². The van der Waals surface area contributed by atoms with Crippen molar-refractivity contribution in [2.75, 3.05) is 0 Å². The molecule has 0 atom stereocenters. The van der Waals surface area contributed by atoms with Crippen molar-refractivity contribution >= 4 is 33.6 Å². The molecule has 4 aromatic rings. The van der Waals surface area contributed by atoms with Crippen molar-refractivity contribution in [2.24, 2.45) is 4.99 Å². The molecule has 1 heterocycles. The van der Waals surface area contributed by atoms with E-state index in [2.05, 4.69) is 40.3 Å². The number of rotatable bonds is 2. The minimum Gasteiger partial charge on any atom is -0.256 e.